The van der Waals surface area contributed by atoms with Gasteiger partial charge in [-0.15, -0.1) is 0 Å². The SMILES string of the molecule is CCN(CC)Cc1cccc(N(c2ccsc2)c2c(Cl)c(OC)cc(OC)c2Cl)n1. The maximum atomic E-state index is 6.73. The van der Waals surface area contributed by atoms with E-state index in [1.54, 1.807) is 31.6 Å². The van der Waals surface area contributed by atoms with E-state index in [4.69, 9.17) is 37.7 Å². The second kappa shape index (κ2) is 10.4. The van der Waals surface area contributed by atoms with Gasteiger partial charge in [0.2, 0.25) is 0 Å². The minimum Gasteiger partial charge on any atom is -0.495 e. The van der Waals surface area contributed by atoms with Crippen LogP contribution in [-0.2, 0) is 6.54 Å². The van der Waals surface area contributed by atoms with Crippen LogP contribution < -0.4 is 14.4 Å². The third kappa shape index (κ3) is 4.67. The lowest BCUT2D eigenvalue weighted by atomic mass is 10.2. The molecule has 0 spiro atoms. The van der Waals surface area contributed by atoms with Crippen molar-refractivity contribution >= 4 is 51.7 Å². The van der Waals surface area contributed by atoms with Crippen LogP contribution in [0.4, 0.5) is 17.2 Å². The van der Waals surface area contributed by atoms with Crippen LogP contribution in [0.1, 0.15) is 19.5 Å². The zero-order chi connectivity index (χ0) is 21.7. The lowest BCUT2D eigenvalue weighted by Gasteiger charge is -2.27. The normalized spacial score (nSPS) is 11.0. The van der Waals surface area contributed by atoms with Gasteiger partial charge < -0.3 is 9.47 Å². The highest BCUT2D eigenvalue weighted by Crippen LogP contribution is 2.50. The Hall–Kier alpha value is -1.99. The van der Waals surface area contributed by atoms with Gasteiger partial charge in [-0.05, 0) is 36.7 Å². The van der Waals surface area contributed by atoms with Gasteiger partial charge in [0.05, 0.1) is 31.3 Å². The van der Waals surface area contributed by atoms with Crippen molar-refractivity contribution in [1.29, 1.82) is 0 Å². The molecule has 0 bridgehead atoms. The summed E-state index contributed by atoms with van der Waals surface area (Å²) in [5.41, 5.74) is 2.45. The number of hydrogen-bond acceptors (Lipinski definition) is 6. The number of hydrogen-bond donors (Lipinski definition) is 0. The fourth-order valence-electron chi connectivity index (χ4n) is 3.19. The lowest BCUT2D eigenvalue weighted by molar-refractivity contribution is 0.292. The van der Waals surface area contributed by atoms with Crippen molar-refractivity contribution in [1.82, 2.24) is 9.88 Å². The molecule has 0 aliphatic carbocycles. The predicted octanol–water partition coefficient (Wildman–Crippen LogP) is 6.78. The predicted molar refractivity (Wildman–Crippen MR) is 127 cm³/mol. The number of thiophene rings is 1. The fraction of sp³-hybridized carbons (Fsp3) is 0.318. The highest BCUT2D eigenvalue weighted by atomic mass is 35.5. The Kier molecular flexibility index (Phi) is 7.83. The smallest absolute Gasteiger partial charge is 0.143 e. The van der Waals surface area contributed by atoms with E-state index in [1.807, 2.05) is 39.9 Å². The van der Waals surface area contributed by atoms with Crippen LogP contribution in [-0.4, -0.2) is 37.2 Å². The van der Waals surface area contributed by atoms with E-state index in [0.29, 0.717) is 27.2 Å². The summed E-state index contributed by atoms with van der Waals surface area (Å²) in [6.45, 7) is 6.98. The number of rotatable bonds is 9. The van der Waals surface area contributed by atoms with Crippen molar-refractivity contribution in [2.24, 2.45) is 0 Å². The monoisotopic (exact) mass is 465 g/mol. The molecule has 0 N–H and O–H groups in total. The molecule has 5 nitrogen and oxygen atoms in total. The first-order valence-corrected chi connectivity index (χ1v) is 11.3. The highest BCUT2D eigenvalue weighted by Gasteiger charge is 2.26. The van der Waals surface area contributed by atoms with Gasteiger partial charge in [0.25, 0.3) is 0 Å². The van der Waals surface area contributed by atoms with Gasteiger partial charge in [0.15, 0.2) is 0 Å². The van der Waals surface area contributed by atoms with Gasteiger partial charge in [-0.3, -0.25) is 9.80 Å². The van der Waals surface area contributed by atoms with Crippen LogP contribution in [0.3, 0.4) is 0 Å². The summed E-state index contributed by atoms with van der Waals surface area (Å²) < 4.78 is 10.9. The molecule has 1 aromatic carbocycles. The molecule has 8 heteroatoms. The molecule has 0 aliphatic rings. The van der Waals surface area contributed by atoms with Crippen molar-refractivity contribution in [3.8, 4) is 11.5 Å². The minimum absolute atomic E-state index is 0.394. The molecule has 0 aliphatic heterocycles. The molecule has 160 valence electrons. The Morgan fingerprint density at radius 3 is 2.20 bits per heavy atom. The number of benzene rings is 1. The zero-order valence-electron chi connectivity index (χ0n) is 17.5. The van der Waals surface area contributed by atoms with Gasteiger partial charge >= 0.3 is 0 Å². The van der Waals surface area contributed by atoms with Crippen molar-refractivity contribution < 1.29 is 9.47 Å². The Labute approximate surface area is 191 Å². The first kappa shape index (κ1) is 22.7. The molecule has 2 heterocycles. The van der Waals surface area contributed by atoms with E-state index in [0.717, 1.165) is 36.8 Å². The number of methoxy groups -OCH3 is 2. The second-order valence-electron chi connectivity index (χ2n) is 6.52. The molecular weight excluding hydrogens is 441 g/mol. The van der Waals surface area contributed by atoms with Crippen LogP contribution in [0.25, 0.3) is 0 Å². The molecule has 0 unspecified atom stereocenters. The highest BCUT2D eigenvalue weighted by molar-refractivity contribution is 7.08. The van der Waals surface area contributed by atoms with Crippen molar-refractivity contribution in [3.63, 3.8) is 0 Å². The first-order valence-electron chi connectivity index (χ1n) is 9.64. The van der Waals surface area contributed by atoms with E-state index >= 15 is 0 Å². The quantitative estimate of drug-likeness (QED) is 0.348. The number of halogens is 2. The maximum Gasteiger partial charge on any atom is 0.143 e. The third-order valence-corrected chi connectivity index (χ3v) is 6.24. The first-order chi connectivity index (χ1) is 14.5. The number of nitrogens with zero attached hydrogens (tertiary/aromatic N) is 3. The summed E-state index contributed by atoms with van der Waals surface area (Å²) in [6, 6.07) is 9.66. The van der Waals surface area contributed by atoms with Crippen molar-refractivity contribution in [2.45, 2.75) is 20.4 Å². The molecule has 3 aromatic rings. The summed E-state index contributed by atoms with van der Waals surface area (Å²) in [7, 11) is 3.13. The molecular formula is C22H25Cl2N3O2S. The van der Waals surface area contributed by atoms with Crippen LogP contribution in [0, 0.1) is 0 Å². The topological polar surface area (TPSA) is 37.8 Å². The molecule has 0 saturated carbocycles. The number of aromatic nitrogens is 1. The Balaban J connectivity index is 2.18. The van der Waals surface area contributed by atoms with Crippen molar-refractivity contribution in [3.05, 3.63) is 56.8 Å². The standard InChI is InChI=1S/C22H25Cl2N3O2S/c1-5-26(6-2)13-15-8-7-9-19(25-15)27(16-10-11-30-14-16)22-20(23)17(28-3)12-18(29-4)21(22)24/h7-12,14H,5-6,13H2,1-4H3. The van der Waals surface area contributed by atoms with E-state index < -0.39 is 0 Å². The molecule has 0 amide bonds. The molecule has 0 fully saturated rings. The summed E-state index contributed by atoms with van der Waals surface area (Å²) in [5, 5.41) is 4.81. The summed E-state index contributed by atoms with van der Waals surface area (Å²) >= 11 is 15.1. The van der Waals surface area contributed by atoms with Gasteiger partial charge in [-0.1, -0.05) is 43.1 Å². The van der Waals surface area contributed by atoms with Gasteiger partial charge in [0.1, 0.15) is 27.4 Å². The minimum atomic E-state index is 0.394. The Bertz CT molecular complexity index is 951. The Morgan fingerprint density at radius 1 is 1.00 bits per heavy atom. The molecule has 0 atom stereocenters. The van der Waals surface area contributed by atoms with Crippen LogP contribution in [0.15, 0.2) is 41.1 Å². The zero-order valence-corrected chi connectivity index (χ0v) is 19.8. The maximum absolute atomic E-state index is 6.73. The van der Waals surface area contributed by atoms with Crippen LogP contribution in [0.2, 0.25) is 10.0 Å². The Morgan fingerprint density at radius 2 is 1.67 bits per heavy atom. The lowest BCUT2D eigenvalue weighted by Crippen LogP contribution is -2.23. The van der Waals surface area contributed by atoms with E-state index in [-0.39, 0.29) is 0 Å². The van der Waals surface area contributed by atoms with Crippen LogP contribution >= 0.6 is 34.5 Å². The van der Waals surface area contributed by atoms with Gasteiger partial charge in [-0.25, -0.2) is 4.98 Å². The molecule has 30 heavy (non-hydrogen) atoms. The van der Waals surface area contributed by atoms with Crippen molar-refractivity contribution in [2.75, 3.05) is 32.2 Å². The molecule has 3 rings (SSSR count). The largest absolute Gasteiger partial charge is 0.495 e. The molecule has 0 radical (unpaired) electrons. The number of pyridine rings is 1. The third-order valence-electron chi connectivity index (χ3n) is 4.84. The summed E-state index contributed by atoms with van der Waals surface area (Å²) in [4.78, 5) is 9.18. The van der Waals surface area contributed by atoms with Crippen LogP contribution in [0.5, 0.6) is 11.5 Å². The average molecular weight is 466 g/mol. The van der Waals surface area contributed by atoms with Gasteiger partial charge in [0, 0.05) is 18.0 Å². The van der Waals surface area contributed by atoms with E-state index in [9.17, 15) is 0 Å². The number of anilines is 3. The average Bonchev–Trinajstić information content (AvgIpc) is 3.29. The second-order valence-corrected chi connectivity index (χ2v) is 8.06. The van der Waals surface area contributed by atoms with E-state index in [1.165, 1.54) is 0 Å². The van der Waals surface area contributed by atoms with Gasteiger partial charge in [-0.2, -0.15) is 11.3 Å². The summed E-state index contributed by atoms with van der Waals surface area (Å²) in [6.07, 6.45) is 0. The summed E-state index contributed by atoms with van der Waals surface area (Å²) in [5.74, 6) is 1.68. The number of ether oxygens (including phenoxy) is 2. The van der Waals surface area contributed by atoms with E-state index in [2.05, 4.69) is 18.7 Å². The fourth-order valence-corrected chi connectivity index (χ4v) is 4.47. The molecule has 2 aromatic heterocycles. The molecule has 0 saturated heterocycles.